The van der Waals surface area contributed by atoms with Crippen molar-refractivity contribution in [2.45, 2.75) is 6.42 Å². The van der Waals surface area contributed by atoms with E-state index in [0.717, 1.165) is 6.07 Å². The number of benzene rings is 1. The second kappa shape index (κ2) is 5.31. The molecule has 1 amide bonds. The fourth-order valence-electron chi connectivity index (χ4n) is 1.11. The number of rotatable bonds is 4. The molecule has 4 nitrogen and oxygen atoms in total. The molecule has 0 spiro atoms. The molecule has 0 aliphatic heterocycles. The number of carbonyl (C=O) groups is 1. The van der Waals surface area contributed by atoms with Gasteiger partial charge in [0.2, 0.25) is 0 Å². The summed E-state index contributed by atoms with van der Waals surface area (Å²) in [7, 11) is 0. The first-order valence-electron chi connectivity index (χ1n) is 4.68. The summed E-state index contributed by atoms with van der Waals surface area (Å²) < 4.78 is 13.2. The van der Waals surface area contributed by atoms with Crippen LogP contribution in [0.3, 0.4) is 0 Å². The summed E-state index contributed by atoms with van der Waals surface area (Å²) in [6, 6.07) is 3.97. The summed E-state index contributed by atoms with van der Waals surface area (Å²) >= 11 is 0. The van der Waals surface area contributed by atoms with Crippen molar-refractivity contribution in [2.75, 3.05) is 18.8 Å². The monoisotopic (exact) mass is 211 g/mol. The number of nitrogens with two attached hydrogens (primary N) is 2. The van der Waals surface area contributed by atoms with Crippen molar-refractivity contribution >= 4 is 11.6 Å². The van der Waals surface area contributed by atoms with E-state index in [1.54, 1.807) is 0 Å². The Morgan fingerprint density at radius 1 is 1.47 bits per heavy atom. The van der Waals surface area contributed by atoms with Gasteiger partial charge in [0.15, 0.2) is 0 Å². The number of nitrogens with one attached hydrogen (secondary N) is 1. The summed E-state index contributed by atoms with van der Waals surface area (Å²) in [5.74, 6) is -1.05. The minimum Gasteiger partial charge on any atom is -0.399 e. The Morgan fingerprint density at radius 2 is 2.20 bits per heavy atom. The van der Waals surface area contributed by atoms with E-state index < -0.39 is 11.7 Å². The Balaban J connectivity index is 2.65. The average molecular weight is 211 g/mol. The van der Waals surface area contributed by atoms with Crippen molar-refractivity contribution in [3.05, 3.63) is 29.6 Å². The maximum atomic E-state index is 13.2. The lowest BCUT2D eigenvalue weighted by Gasteiger charge is -2.05. The van der Waals surface area contributed by atoms with Crippen LogP contribution in [0.4, 0.5) is 10.1 Å². The van der Waals surface area contributed by atoms with Crippen molar-refractivity contribution in [3.8, 4) is 0 Å². The fraction of sp³-hybridized carbons (Fsp3) is 0.300. The van der Waals surface area contributed by atoms with Crippen LogP contribution < -0.4 is 16.8 Å². The zero-order valence-corrected chi connectivity index (χ0v) is 8.29. The quantitative estimate of drug-likeness (QED) is 0.500. The van der Waals surface area contributed by atoms with Crippen LogP contribution in [0.15, 0.2) is 18.2 Å². The van der Waals surface area contributed by atoms with Gasteiger partial charge in [0.05, 0.1) is 5.56 Å². The third kappa shape index (κ3) is 3.21. The van der Waals surface area contributed by atoms with E-state index >= 15 is 0 Å². The highest BCUT2D eigenvalue weighted by Crippen LogP contribution is 2.11. The molecule has 0 heterocycles. The second-order valence-electron chi connectivity index (χ2n) is 3.14. The van der Waals surface area contributed by atoms with Crippen LogP contribution in [-0.2, 0) is 0 Å². The van der Waals surface area contributed by atoms with Gasteiger partial charge in [0.25, 0.3) is 5.91 Å². The van der Waals surface area contributed by atoms with E-state index in [1.165, 1.54) is 12.1 Å². The minimum absolute atomic E-state index is 0.00113. The first kappa shape index (κ1) is 11.5. The van der Waals surface area contributed by atoms with Crippen LogP contribution in [-0.4, -0.2) is 19.0 Å². The molecule has 0 atom stereocenters. The summed E-state index contributed by atoms with van der Waals surface area (Å²) in [6.07, 6.45) is 0.669. The number of halogens is 1. The zero-order chi connectivity index (χ0) is 11.3. The van der Waals surface area contributed by atoms with Gasteiger partial charge in [-0.15, -0.1) is 0 Å². The lowest BCUT2D eigenvalue weighted by atomic mass is 10.2. The second-order valence-corrected chi connectivity index (χ2v) is 3.14. The number of carbonyl (C=O) groups excluding carboxylic acids is 1. The number of anilines is 1. The molecular formula is C10H14FN3O. The van der Waals surface area contributed by atoms with Gasteiger partial charge >= 0.3 is 0 Å². The fourth-order valence-corrected chi connectivity index (χ4v) is 1.11. The summed E-state index contributed by atoms with van der Waals surface area (Å²) in [6.45, 7) is 0.934. The van der Waals surface area contributed by atoms with Crippen molar-refractivity contribution < 1.29 is 9.18 Å². The number of amides is 1. The van der Waals surface area contributed by atoms with Gasteiger partial charge in [-0.25, -0.2) is 4.39 Å². The van der Waals surface area contributed by atoms with Gasteiger partial charge in [0.1, 0.15) is 5.82 Å². The lowest BCUT2D eigenvalue weighted by Crippen LogP contribution is -2.26. The van der Waals surface area contributed by atoms with Crippen LogP contribution in [0.25, 0.3) is 0 Å². The Morgan fingerprint density at radius 3 is 2.80 bits per heavy atom. The van der Waals surface area contributed by atoms with Gasteiger partial charge in [-0.1, -0.05) is 0 Å². The van der Waals surface area contributed by atoms with E-state index in [-0.39, 0.29) is 5.56 Å². The largest absolute Gasteiger partial charge is 0.399 e. The van der Waals surface area contributed by atoms with E-state index in [4.69, 9.17) is 11.5 Å². The van der Waals surface area contributed by atoms with Gasteiger partial charge in [-0.2, -0.15) is 0 Å². The van der Waals surface area contributed by atoms with Gasteiger partial charge in [0, 0.05) is 12.2 Å². The molecule has 82 valence electrons. The molecule has 0 aliphatic carbocycles. The van der Waals surface area contributed by atoms with E-state index in [0.29, 0.717) is 25.2 Å². The molecule has 1 rings (SSSR count). The molecule has 0 bridgehead atoms. The predicted molar refractivity (Wildman–Crippen MR) is 56.8 cm³/mol. The molecule has 15 heavy (non-hydrogen) atoms. The van der Waals surface area contributed by atoms with Crippen LogP contribution in [0.2, 0.25) is 0 Å². The Hall–Kier alpha value is -1.62. The highest BCUT2D eigenvalue weighted by Gasteiger charge is 2.10. The molecule has 1 aromatic rings. The number of hydrogen-bond acceptors (Lipinski definition) is 3. The molecule has 0 aromatic heterocycles. The highest BCUT2D eigenvalue weighted by atomic mass is 19.1. The first-order chi connectivity index (χ1) is 7.15. The summed E-state index contributed by atoms with van der Waals surface area (Å²) in [5, 5.41) is 2.56. The third-order valence-corrected chi connectivity index (χ3v) is 1.90. The van der Waals surface area contributed by atoms with E-state index in [2.05, 4.69) is 5.32 Å². The summed E-state index contributed by atoms with van der Waals surface area (Å²) in [5.41, 5.74) is 10.9. The molecule has 0 fully saturated rings. The number of hydrogen-bond donors (Lipinski definition) is 3. The van der Waals surface area contributed by atoms with Gasteiger partial charge in [-0.3, -0.25) is 4.79 Å². The SMILES string of the molecule is NCCCNC(=O)c1ccc(N)cc1F. The maximum Gasteiger partial charge on any atom is 0.254 e. The Bertz CT molecular complexity index is 355. The molecule has 0 saturated carbocycles. The normalized spacial score (nSPS) is 10.0. The third-order valence-electron chi connectivity index (χ3n) is 1.90. The average Bonchev–Trinajstić information content (AvgIpc) is 2.17. The molecule has 5 heteroatoms. The zero-order valence-electron chi connectivity index (χ0n) is 8.29. The molecule has 1 aromatic carbocycles. The van der Waals surface area contributed by atoms with Gasteiger partial charge < -0.3 is 16.8 Å². The highest BCUT2D eigenvalue weighted by molar-refractivity contribution is 5.94. The molecule has 0 unspecified atom stereocenters. The van der Waals surface area contributed by atoms with Crippen LogP contribution in [0, 0.1) is 5.82 Å². The first-order valence-corrected chi connectivity index (χ1v) is 4.68. The molecular weight excluding hydrogens is 197 g/mol. The van der Waals surface area contributed by atoms with Crippen molar-refractivity contribution in [1.29, 1.82) is 0 Å². The smallest absolute Gasteiger partial charge is 0.254 e. The Kier molecular flexibility index (Phi) is 4.05. The van der Waals surface area contributed by atoms with E-state index in [9.17, 15) is 9.18 Å². The minimum atomic E-state index is -0.611. The van der Waals surface area contributed by atoms with Crippen molar-refractivity contribution in [2.24, 2.45) is 5.73 Å². The van der Waals surface area contributed by atoms with Crippen molar-refractivity contribution in [1.82, 2.24) is 5.32 Å². The van der Waals surface area contributed by atoms with Crippen LogP contribution >= 0.6 is 0 Å². The summed E-state index contributed by atoms with van der Waals surface area (Å²) in [4.78, 5) is 11.4. The maximum absolute atomic E-state index is 13.2. The van der Waals surface area contributed by atoms with Gasteiger partial charge in [-0.05, 0) is 31.2 Å². The van der Waals surface area contributed by atoms with Crippen LogP contribution in [0.1, 0.15) is 16.8 Å². The standard InChI is InChI=1S/C10H14FN3O/c11-9-6-7(13)2-3-8(9)10(15)14-5-1-4-12/h2-3,6H,1,4-5,12-13H2,(H,14,15). The van der Waals surface area contributed by atoms with Crippen LogP contribution in [0.5, 0.6) is 0 Å². The topological polar surface area (TPSA) is 81.1 Å². The molecule has 0 aliphatic rings. The molecule has 0 saturated heterocycles. The Labute approximate surface area is 87.4 Å². The van der Waals surface area contributed by atoms with E-state index in [1.807, 2.05) is 0 Å². The molecule has 0 radical (unpaired) electrons. The molecule has 5 N–H and O–H groups in total. The predicted octanol–water partition coefficient (Wildman–Crippen LogP) is 0.486. The lowest BCUT2D eigenvalue weighted by molar-refractivity contribution is 0.0949. The van der Waals surface area contributed by atoms with Crippen molar-refractivity contribution in [3.63, 3.8) is 0 Å². The number of nitrogen functional groups attached to an aromatic ring is 1.